The highest BCUT2D eigenvalue weighted by molar-refractivity contribution is 6.30. The molecule has 0 unspecified atom stereocenters. The quantitative estimate of drug-likeness (QED) is 0.511. The van der Waals surface area contributed by atoms with Crippen molar-refractivity contribution in [3.05, 3.63) is 63.9 Å². The second-order valence-corrected chi connectivity index (χ2v) is 10.9. The zero-order valence-electron chi connectivity index (χ0n) is 20.7. The summed E-state index contributed by atoms with van der Waals surface area (Å²) in [6.07, 6.45) is 2.45. The lowest BCUT2D eigenvalue weighted by molar-refractivity contribution is -0.161. The number of halogens is 2. The summed E-state index contributed by atoms with van der Waals surface area (Å²) in [6, 6.07) is 10.8. The molecule has 2 aliphatic rings. The van der Waals surface area contributed by atoms with Crippen molar-refractivity contribution in [3.63, 3.8) is 0 Å². The monoisotopic (exact) mass is 533 g/mol. The Morgan fingerprint density at radius 3 is 2.58 bits per heavy atom. The summed E-state index contributed by atoms with van der Waals surface area (Å²) >= 11 is 12.6. The topological polar surface area (TPSA) is 83.0 Å². The van der Waals surface area contributed by atoms with Crippen LogP contribution in [-0.4, -0.2) is 70.7 Å². The number of pyridine rings is 1. The van der Waals surface area contributed by atoms with Crippen molar-refractivity contribution < 1.29 is 19.4 Å². The van der Waals surface area contributed by atoms with E-state index in [1.807, 2.05) is 35.2 Å². The molecule has 0 aliphatic carbocycles. The van der Waals surface area contributed by atoms with Gasteiger partial charge in [0, 0.05) is 42.8 Å². The molecular formula is C27H33Cl2N3O4. The van der Waals surface area contributed by atoms with E-state index < -0.39 is 11.4 Å². The van der Waals surface area contributed by atoms with E-state index in [9.17, 15) is 14.7 Å². The number of piperidine rings is 1. The van der Waals surface area contributed by atoms with Crippen LogP contribution in [0.3, 0.4) is 0 Å². The van der Waals surface area contributed by atoms with Crippen LogP contribution in [0.4, 0.5) is 0 Å². The molecule has 194 valence electrons. The number of carboxylic acids is 1. The average Bonchev–Trinajstić information content (AvgIpc) is 2.85. The number of aromatic nitrogens is 1. The first-order valence-electron chi connectivity index (χ1n) is 12.4. The highest BCUT2D eigenvalue weighted by Gasteiger charge is 2.52. The number of aliphatic carboxylic acids is 1. The number of amides is 1. The second kappa shape index (κ2) is 11.5. The van der Waals surface area contributed by atoms with E-state index in [1.165, 1.54) is 0 Å². The van der Waals surface area contributed by atoms with Crippen LogP contribution in [0.1, 0.15) is 56.3 Å². The summed E-state index contributed by atoms with van der Waals surface area (Å²) < 4.78 is 5.52. The molecule has 1 aromatic heterocycles. The number of nitrogens with zero attached hydrogens (tertiary/aromatic N) is 3. The minimum atomic E-state index is -1.07. The average molecular weight is 534 g/mol. The van der Waals surface area contributed by atoms with Gasteiger partial charge in [-0.1, -0.05) is 49.2 Å². The number of likely N-dealkylation sites (tertiary alicyclic amines) is 1. The summed E-state index contributed by atoms with van der Waals surface area (Å²) in [4.78, 5) is 35.1. The van der Waals surface area contributed by atoms with Gasteiger partial charge in [-0.2, -0.15) is 0 Å². The molecule has 7 nitrogen and oxygen atoms in total. The van der Waals surface area contributed by atoms with Gasteiger partial charge in [0.05, 0.1) is 41.8 Å². The molecule has 1 aromatic carbocycles. The first-order valence-corrected chi connectivity index (χ1v) is 13.2. The van der Waals surface area contributed by atoms with Gasteiger partial charge in [-0.3, -0.25) is 19.5 Å². The van der Waals surface area contributed by atoms with Gasteiger partial charge in [-0.05, 0) is 42.7 Å². The lowest BCUT2D eigenvalue weighted by Crippen LogP contribution is -2.58. The van der Waals surface area contributed by atoms with Crippen LogP contribution in [0.5, 0.6) is 0 Å². The first-order chi connectivity index (χ1) is 17.2. The molecule has 3 heterocycles. The molecule has 0 radical (unpaired) electrons. The molecule has 2 saturated heterocycles. The van der Waals surface area contributed by atoms with Crippen molar-refractivity contribution in [3.8, 4) is 0 Å². The number of benzene rings is 1. The summed E-state index contributed by atoms with van der Waals surface area (Å²) in [5.41, 5.74) is 0.621. The summed E-state index contributed by atoms with van der Waals surface area (Å²) in [5.74, 6) is -1.33. The first kappa shape index (κ1) is 26.9. The van der Waals surface area contributed by atoms with Crippen LogP contribution in [0.15, 0.2) is 42.6 Å². The normalized spacial score (nSPS) is 26.1. The third kappa shape index (κ3) is 5.86. The fourth-order valence-electron chi connectivity index (χ4n) is 5.63. The Hall–Kier alpha value is -2.19. The van der Waals surface area contributed by atoms with Crippen molar-refractivity contribution in [1.29, 1.82) is 0 Å². The van der Waals surface area contributed by atoms with E-state index in [1.54, 1.807) is 19.2 Å². The Morgan fingerprint density at radius 1 is 1.22 bits per heavy atom. The number of rotatable bonds is 8. The van der Waals surface area contributed by atoms with Gasteiger partial charge < -0.3 is 14.7 Å². The fraction of sp³-hybridized carbons (Fsp3) is 0.519. The van der Waals surface area contributed by atoms with E-state index >= 15 is 0 Å². The minimum absolute atomic E-state index is 0.131. The highest BCUT2D eigenvalue weighted by atomic mass is 35.5. The Labute approximate surface area is 222 Å². The summed E-state index contributed by atoms with van der Waals surface area (Å²) in [6.45, 7) is 7.45. The van der Waals surface area contributed by atoms with Gasteiger partial charge in [-0.15, -0.1) is 0 Å². The lowest BCUT2D eigenvalue weighted by Gasteiger charge is -2.52. The van der Waals surface area contributed by atoms with E-state index in [0.717, 1.165) is 30.8 Å². The molecule has 2 aliphatic heterocycles. The second-order valence-electron chi connectivity index (χ2n) is 10.0. The molecular weight excluding hydrogens is 501 g/mol. The molecule has 0 saturated carbocycles. The van der Waals surface area contributed by atoms with Crippen molar-refractivity contribution in [2.75, 3.05) is 32.8 Å². The molecule has 9 heteroatoms. The molecule has 2 aromatic rings. The number of morpholine rings is 1. The number of carbonyl (C=O) groups is 2. The fourth-order valence-corrected chi connectivity index (χ4v) is 5.94. The highest BCUT2D eigenvalue weighted by Crippen LogP contribution is 2.51. The van der Waals surface area contributed by atoms with Gasteiger partial charge in [0.15, 0.2) is 0 Å². The van der Waals surface area contributed by atoms with Gasteiger partial charge in [0.2, 0.25) is 5.91 Å². The van der Waals surface area contributed by atoms with Crippen LogP contribution < -0.4 is 0 Å². The molecule has 1 N–H and O–H groups in total. The molecule has 4 atom stereocenters. The molecule has 2 fully saturated rings. The van der Waals surface area contributed by atoms with E-state index in [-0.39, 0.29) is 30.3 Å². The predicted octanol–water partition coefficient (Wildman–Crippen LogP) is 5.04. The number of ether oxygens (including phenoxy) is 1. The SMILES string of the molecule is CC[C@@H](CN1CCOCC1)N1C(=O)[C@@](C)(CC(=O)O)C[C@H](c2cccc(Cl)c2)[C@H]1c1ccc(Cl)cn1. The van der Waals surface area contributed by atoms with Gasteiger partial charge >= 0.3 is 5.97 Å². The molecule has 4 rings (SSSR count). The van der Waals surface area contributed by atoms with E-state index in [0.29, 0.717) is 36.2 Å². The van der Waals surface area contributed by atoms with Gasteiger partial charge in [-0.25, -0.2) is 0 Å². The van der Waals surface area contributed by atoms with Crippen LogP contribution in [0.25, 0.3) is 0 Å². The maximum absolute atomic E-state index is 14.3. The van der Waals surface area contributed by atoms with Crippen molar-refractivity contribution in [2.45, 2.75) is 51.1 Å². The van der Waals surface area contributed by atoms with E-state index in [2.05, 4.69) is 16.8 Å². The summed E-state index contributed by atoms with van der Waals surface area (Å²) in [7, 11) is 0. The number of hydrogen-bond donors (Lipinski definition) is 1. The van der Waals surface area contributed by atoms with Crippen molar-refractivity contribution >= 4 is 35.1 Å². The maximum Gasteiger partial charge on any atom is 0.304 e. The zero-order chi connectivity index (χ0) is 25.9. The predicted molar refractivity (Wildman–Crippen MR) is 139 cm³/mol. The Bertz CT molecular complexity index is 1080. The standard InChI is InChI=1S/C27H33Cl2N3O4/c1-3-21(17-31-9-11-36-12-10-31)32-25(23-8-7-20(29)16-30-23)22(18-5-4-6-19(28)13-18)14-27(2,26(32)35)15-24(33)34/h4-8,13,16,21-22,25H,3,9-12,14-15,17H2,1-2H3,(H,33,34)/t21-,22+,25-,27+/m0/s1. The number of hydrogen-bond acceptors (Lipinski definition) is 5. The molecule has 0 spiro atoms. The Balaban J connectivity index is 1.84. The van der Waals surface area contributed by atoms with E-state index in [4.69, 9.17) is 27.9 Å². The minimum Gasteiger partial charge on any atom is -0.481 e. The molecule has 0 bridgehead atoms. The Morgan fingerprint density at radius 2 is 1.97 bits per heavy atom. The summed E-state index contributed by atoms with van der Waals surface area (Å²) in [5, 5.41) is 10.9. The maximum atomic E-state index is 14.3. The molecule has 1 amide bonds. The van der Waals surface area contributed by atoms with Crippen LogP contribution >= 0.6 is 23.2 Å². The van der Waals surface area contributed by atoms with Gasteiger partial charge in [0.1, 0.15) is 0 Å². The zero-order valence-corrected chi connectivity index (χ0v) is 22.2. The van der Waals surface area contributed by atoms with Crippen molar-refractivity contribution in [2.24, 2.45) is 5.41 Å². The third-order valence-corrected chi connectivity index (χ3v) is 7.87. The lowest BCUT2D eigenvalue weighted by atomic mass is 9.67. The van der Waals surface area contributed by atoms with Crippen molar-refractivity contribution in [1.82, 2.24) is 14.8 Å². The Kier molecular flexibility index (Phi) is 8.56. The smallest absolute Gasteiger partial charge is 0.304 e. The van der Waals surface area contributed by atoms with Crippen LogP contribution in [0.2, 0.25) is 10.0 Å². The molecule has 36 heavy (non-hydrogen) atoms. The number of carbonyl (C=O) groups excluding carboxylic acids is 1. The number of carboxylic acid groups (broad SMARTS) is 1. The van der Waals surface area contributed by atoms with Crippen LogP contribution in [-0.2, 0) is 14.3 Å². The van der Waals surface area contributed by atoms with Crippen LogP contribution in [0, 0.1) is 5.41 Å². The largest absolute Gasteiger partial charge is 0.481 e. The third-order valence-electron chi connectivity index (χ3n) is 7.41. The van der Waals surface area contributed by atoms with Gasteiger partial charge in [0.25, 0.3) is 0 Å².